The predicted octanol–water partition coefficient (Wildman–Crippen LogP) is 1.82. The zero-order valence-electron chi connectivity index (χ0n) is 10.6. The molecule has 0 spiro atoms. The molecule has 0 saturated carbocycles. The maximum atomic E-state index is 11.5. The van der Waals surface area contributed by atoms with E-state index in [1.54, 1.807) is 12.4 Å². The second-order valence-corrected chi connectivity index (χ2v) is 4.08. The molecule has 0 aliphatic rings. The van der Waals surface area contributed by atoms with Crippen LogP contribution in [0.3, 0.4) is 0 Å². The van der Waals surface area contributed by atoms with Crippen LogP contribution in [0, 0.1) is 0 Å². The third-order valence-corrected chi connectivity index (χ3v) is 2.63. The summed E-state index contributed by atoms with van der Waals surface area (Å²) in [6, 6.07) is 3.88. The van der Waals surface area contributed by atoms with E-state index < -0.39 is 0 Å². The van der Waals surface area contributed by atoms with Gasteiger partial charge in [-0.15, -0.1) is 0 Å². The van der Waals surface area contributed by atoms with Gasteiger partial charge in [0.1, 0.15) is 0 Å². The van der Waals surface area contributed by atoms with Crippen LogP contribution in [0.5, 0.6) is 0 Å². The van der Waals surface area contributed by atoms with Crippen LogP contribution in [-0.4, -0.2) is 31.0 Å². The number of carbonyl (C=O) groups excluding carboxylic acids is 1. The van der Waals surface area contributed by atoms with Crippen LogP contribution in [0.2, 0.25) is 0 Å². The fourth-order valence-electron chi connectivity index (χ4n) is 1.49. The Morgan fingerprint density at radius 2 is 2.12 bits per heavy atom. The summed E-state index contributed by atoms with van der Waals surface area (Å²) in [4.78, 5) is 17.5. The predicted molar refractivity (Wildman–Crippen MR) is 70.0 cm³/mol. The number of aromatic nitrogens is 1. The maximum absolute atomic E-state index is 11.5. The number of pyridine rings is 1. The molecule has 0 atom stereocenters. The van der Waals surface area contributed by atoms with Gasteiger partial charge in [0.25, 0.3) is 0 Å². The topological polar surface area (TPSA) is 45.2 Å². The van der Waals surface area contributed by atoms with Gasteiger partial charge >= 0.3 is 0 Å². The van der Waals surface area contributed by atoms with Gasteiger partial charge in [0.05, 0.1) is 0 Å². The van der Waals surface area contributed by atoms with Crippen molar-refractivity contribution in [1.82, 2.24) is 10.3 Å². The number of amides is 1. The molecule has 1 heterocycles. The molecule has 17 heavy (non-hydrogen) atoms. The van der Waals surface area contributed by atoms with E-state index in [-0.39, 0.29) is 5.91 Å². The molecule has 0 fully saturated rings. The lowest BCUT2D eigenvalue weighted by Crippen LogP contribution is -2.29. The van der Waals surface area contributed by atoms with Gasteiger partial charge in [0.15, 0.2) is 0 Å². The van der Waals surface area contributed by atoms with E-state index in [9.17, 15) is 4.79 Å². The molecule has 0 aliphatic heterocycles. The Labute approximate surface area is 103 Å². The molecule has 1 N–H and O–H groups in total. The highest BCUT2D eigenvalue weighted by molar-refractivity contribution is 5.76. The average molecular weight is 235 g/mol. The minimum atomic E-state index is 0.124. The van der Waals surface area contributed by atoms with Crippen LogP contribution in [-0.2, 0) is 4.79 Å². The highest BCUT2D eigenvalue weighted by atomic mass is 16.1. The van der Waals surface area contributed by atoms with Gasteiger partial charge in [-0.3, -0.25) is 9.78 Å². The van der Waals surface area contributed by atoms with E-state index in [0.717, 1.165) is 31.6 Å². The van der Waals surface area contributed by atoms with Crippen molar-refractivity contribution in [2.24, 2.45) is 0 Å². The molecule has 1 aromatic rings. The summed E-state index contributed by atoms with van der Waals surface area (Å²) >= 11 is 0. The van der Waals surface area contributed by atoms with Crippen molar-refractivity contribution < 1.29 is 4.79 Å². The monoisotopic (exact) mass is 235 g/mol. The molecule has 0 bridgehead atoms. The highest BCUT2D eigenvalue weighted by Gasteiger charge is 2.04. The van der Waals surface area contributed by atoms with E-state index >= 15 is 0 Å². The van der Waals surface area contributed by atoms with Gasteiger partial charge < -0.3 is 10.2 Å². The normalized spacial score (nSPS) is 10.0. The zero-order valence-corrected chi connectivity index (χ0v) is 10.6. The molecule has 0 radical (unpaired) electrons. The van der Waals surface area contributed by atoms with E-state index in [2.05, 4.69) is 22.1 Å². The van der Waals surface area contributed by atoms with Crippen molar-refractivity contribution >= 4 is 11.6 Å². The SMILES string of the molecule is CCCCNC(=O)CCN(C)c1ccncc1. The van der Waals surface area contributed by atoms with Crippen LogP contribution in [0.15, 0.2) is 24.5 Å². The molecule has 1 aromatic heterocycles. The zero-order chi connectivity index (χ0) is 12.5. The number of rotatable bonds is 7. The number of unbranched alkanes of at least 4 members (excludes halogenated alkanes) is 1. The Morgan fingerprint density at radius 3 is 2.76 bits per heavy atom. The van der Waals surface area contributed by atoms with E-state index in [1.807, 2.05) is 19.2 Å². The smallest absolute Gasteiger partial charge is 0.221 e. The van der Waals surface area contributed by atoms with Crippen LogP contribution in [0.1, 0.15) is 26.2 Å². The van der Waals surface area contributed by atoms with E-state index in [4.69, 9.17) is 0 Å². The number of nitrogens with one attached hydrogen (secondary N) is 1. The summed E-state index contributed by atoms with van der Waals surface area (Å²) in [5.41, 5.74) is 1.08. The minimum absolute atomic E-state index is 0.124. The third kappa shape index (κ3) is 5.33. The summed E-state index contributed by atoms with van der Waals surface area (Å²) in [7, 11) is 1.98. The Hall–Kier alpha value is -1.58. The van der Waals surface area contributed by atoms with E-state index in [0.29, 0.717) is 6.42 Å². The van der Waals surface area contributed by atoms with Gasteiger partial charge in [0, 0.05) is 44.6 Å². The first-order chi connectivity index (χ1) is 8.24. The van der Waals surface area contributed by atoms with Gasteiger partial charge in [-0.25, -0.2) is 0 Å². The van der Waals surface area contributed by atoms with Crippen molar-refractivity contribution in [1.29, 1.82) is 0 Å². The van der Waals surface area contributed by atoms with Gasteiger partial charge in [-0.05, 0) is 18.6 Å². The first kappa shape index (κ1) is 13.5. The molecule has 0 saturated heterocycles. The van der Waals surface area contributed by atoms with Crippen LogP contribution in [0.4, 0.5) is 5.69 Å². The van der Waals surface area contributed by atoms with Gasteiger partial charge in [-0.2, -0.15) is 0 Å². The van der Waals surface area contributed by atoms with Crippen LogP contribution < -0.4 is 10.2 Å². The van der Waals surface area contributed by atoms with E-state index in [1.165, 1.54) is 0 Å². The van der Waals surface area contributed by atoms with Gasteiger partial charge in [0.2, 0.25) is 5.91 Å². The van der Waals surface area contributed by atoms with Crippen molar-refractivity contribution in [2.45, 2.75) is 26.2 Å². The summed E-state index contributed by atoms with van der Waals surface area (Å²) < 4.78 is 0. The number of hydrogen-bond acceptors (Lipinski definition) is 3. The summed E-state index contributed by atoms with van der Waals surface area (Å²) in [6.45, 7) is 3.62. The lowest BCUT2D eigenvalue weighted by Gasteiger charge is -2.18. The van der Waals surface area contributed by atoms with Crippen LogP contribution >= 0.6 is 0 Å². The molecule has 0 aromatic carbocycles. The maximum Gasteiger partial charge on any atom is 0.221 e. The number of hydrogen-bond donors (Lipinski definition) is 1. The lowest BCUT2D eigenvalue weighted by atomic mass is 10.3. The quantitative estimate of drug-likeness (QED) is 0.733. The Morgan fingerprint density at radius 1 is 1.41 bits per heavy atom. The Bertz CT molecular complexity index is 327. The first-order valence-corrected chi connectivity index (χ1v) is 6.12. The summed E-state index contributed by atoms with van der Waals surface area (Å²) in [6.07, 6.45) is 6.20. The molecule has 4 heteroatoms. The molecule has 1 rings (SSSR count). The second kappa shape index (κ2) is 7.65. The average Bonchev–Trinajstić information content (AvgIpc) is 2.37. The number of carbonyl (C=O) groups is 1. The number of anilines is 1. The van der Waals surface area contributed by atoms with Crippen molar-refractivity contribution in [3.8, 4) is 0 Å². The molecule has 1 amide bonds. The van der Waals surface area contributed by atoms with Gasteiger partial charge in [-0.1, -0.05) is 13.3 Å². The summed E-state index contributed by atoms with van der Waals surface area (Å²) in [5.74, 6) is 0.124. The molecular formula is C13H21N3O. The fraction of sp³-hybridized carbons (Fsp3) is 0.538. The summed E-state index contributed by atoms with van der Waals surface area (Å²) in [5, 5.41) is 2.91. The molecule has 0 unspecified atom stereocenters. The molecule has 0 aliphatic carbocycles. The molecular weight excluding hydrogens is 214 g/mol. The lowest BCUT2D eigenvalue weighted by molar-refractivity contribution is -0.120. The molecule has 4 nitrogen and oxygen atoms in total. The standard InChI is InChI=1S/C13H21N3O/c1-3-4-8-15-13(17)7-11-16(2)12-5-9-14-10-6-12/h5-6,9-10H,3-4,7-8,11H2,1-2H3,(H,15,17). The first-order valence-electron chi connectivity index (χ1n) is 6.12. The molecule has 94 valence electrons. The number of nitrogens with zero attached hydrogens (tertiary/aromatic N) is 2. The van der Waals surface area contributed by atoms with Crippen molar-refractivity contribution in [3.63, 3.8) is 0 Å². The van der Waals surface area contributed by atoms with Crippen LogP contribution in [0.25, 0.3) is 0 Å². The fourth-order valence-corrected chi connectivity index (χ4v) is 1.49. The Balaban J connectivity index is 2.24. The highest BCUT2D eigenvalue weighted by Crippen LogP contribution is 2.09. The van der Waals surface area contributed by atoms with Crippen molar-refractivity contribution in [3.05, 3.63) is 24.5 Å². The third-order valence-electron chi connectivity index (χ3n) is 2.63. The largest absolute Gasteiger partial charge is 0.374 e. The minimum Gasteiger partial charge on any atom is -0.374 e. The Kier molecular flexibility index (Phi) is 6.07. The second-order valence-electron chi connectivity index (χ2n) is 4.08. The van der Waals surface area contributed by atoms with Crippen molar-refractivity contribution in [2.75, 3.05) is 25.0 Å².